The Balaban J connectivity index is 2.06. The van der Waals surface area contributed by atoms with Crippen LogP contribution in [0.2, 0.25) is 5.02 Å². The monoisotopic (exact) mass is 169 g/mol. The van der Waals surface area contributed by atoms with Gasteiger partial charge >= 0.3 is 0 Å². The van der Waals surface area contributed by atoms with Gasteiger partial charge in [0.25, 0.3) is 0 Å². The first-order chi connectivity index (χ1) is 5.34. The standard InChI is InChI=1S/C7H8ClN3/c8-5-3-9-7(10-4-5)11-6-1-2-6/h3-4,6H,1-2H2,(H,9,10,11). The van der Waals surface area contributed by atoms with Gasteiger partial charge < -0.3 is 5.32 Å². The van der Waals surface area contributed by atoms with Crippen LogP contribution in [0.3, 0.4) is 0 Å². The maximum Gasteiger partial charge on any atom is 0.222 e. The van der Waals surface area contributed by atoms with Crippen LogP contribution in [-0.2, 0) is 0 Å². The second-order valence-electron chi connectivity index (χ2n) is 2.64. The van der Waals surface area contributed by atoms with Crippen molar-refractivity contribution in [2.45, 2.75) is 18.9 Å². The molecule has 4 heteroatoms. The lowest BCUT2D eigenvalue weighted by Crippen LogP contribution is -2.04. The molecule has 0 spiro atoms. The Kier molecular flexibility index (Phi) is 1.66. The quantitative estimate of drug-likeness (QED) is 0.733. The van der Waals surface area contributed by atoms with Gasteiger partial charge in [0, 0.05) is 6.04 Å². The van der Waals surface area contributed by atoms with E-state index >= 15 is 0 Å². The van der Waals surface area contributed by atoms with Crippen LogP contribution < -0.4 is 5.32 Å². The molecule has 1 saturated carbocycles. The lowest BCUT2D eigenvalue weighted by molar-refractivity contribution is 1.05. The van der Waals surface area contributed by atoms with Gasteiger partial charge in [0.15, 0.2) is 0 Å². The summed E-state index contributed by atoms with van der Waals surface area (Å²) in [6.07, 6.45) is 5.65. The van der Waals surface area contributed by atoms with Crippen LogP contribution in [0.5, 0.6) is 0 Å². The average Bonchev–Trinajstić information content (AvgIpc) is 2.78. The Morgan fingerprint density at radius 3 is 2.55 bits per heavy atom. The molecule has 0 radical (unpaired) electrons. The summed E-state index contributed by atoms with van der Waals surface area (Å²) in [4.78, 5) is 8.01. The van der Waals surface area contributed by atoms with E-state index in [2.05, 4.69) is 15.3 Å². The Morgan fingerprint density at radius 2 is 2.00 bits per heavy atom. The van der Waals surface area contributed by atoms with Crippen molar-refractivity contribution in [1.82, 2.24) is 9.97 Å². The Hall–Kier alpha value is -0.830. The van der Waals surface area contributed by atoms with E-state index in [4.69, 9.17) is 11.6 Å². The third-order valence-electron chi connectivity index (χ3n) is 1.53. The molecule has 0 amide bonds. The van der Waals surface area contributed by atoms with Crippen molar-refractivity contribution < 1.29 is 0 Å². The summed E-state index contributed by atoms with van der Waals surface area (Å²) < 4.78 is 0. The number of anilines is 1. The molecule has 1 N–H and O–H groups in total. The van der Waals surface area contributed by atoms with Crippen LogP contribution in [0.1, 0.15) is 12.8 Å². The van der Waals surface area contributed by atoms with E-state index in [0.29, 0.717) is 17.0 Å². The molecular weight excluding hydrogens is 162 g/mol. The first-order valence-electron chi connectivity index (χ1n) is 3.59. The predicted molar refractivity (Wildman–Crippen MR) is 43.7 cm³/mol. The number of nitrogens with one attached hydrogen (secondary N) is 1. The summed E-state index contributed by atoms with van der Waals surface area (Å²) in [5, 5.41) is 3.74. The van der Waals surface area contributed by atoms with E-state index < -0.39 is 0 Å². The molecule has 58 valence electrons. The molecule has 1 aliphatic rings. The summed E-state index contributed by atoms with van der Waals surface area (Å²) in [6.45, 7) is 0. The zero-order chi connectivity index (χ0) is 7.68. The van der Waals surface area contributed by atoms with Crippen LogP contribution in [-0.4, -0.2) is 16.0 Å². The maximum absolute atomic E-state index is 5.61. The van der Waals surface area contributed by atoms with E-state index in [-0.39, 0.29) is 0 Å². The molecule has 1 aromatic heterocycles. The molecule has 1 aliphatic carbocycles. The summed E-state index contributed by atoms with van der Waals surface area (Å²) in [5.74, 6) is 0.678. The van der Waals surface area contributed by atoms with E-state index in [1.165, 1.54) is 12.8 Å². The smallest absolute Gasteiger partial charge is 0.222 e. The fourth-order valence-electron chi connectivity index (χ4n) is 0.797. The fraction of sp³-hybridized carbons (Fsp3) is 0.429. The fourth-order valence-corrected chi connectivity index (χ4v) is 0.895. The van der Waals surface area contributed by atoms with E-state index in [1.807, 2.05) is 0 Å². The predicted octanol–water partition coefficient (Wildman–Crippen LogP) is 1.70. The van der Waals surface area contributed by atoms with Crippen molar-refractivity contribution in [2.75, 3.05) is 5.32 Å². The molecular formula is C7H8ClN3. The lowest BCUT2D eigenvalue weighted by atomic mass is 10.6. The van der Waals surface area contributed by atoms with Crippen molar-refractivity contribution in [3.05, 3.63) is 17.4 Å². The SMILES string of the molecule is Clc1cnc(NC2CC2)nc1. The first kappa shape index (κ1) is 6.85. The zero-order valence-electron chi connectivity index (χ0n) is 5.92. The molecule has 0 aromatic carbocycles. The highest BCUT2D eigenvalue weighted by Gasteiger charge is 2.21. The minimum absolute atomic E-state index is 0.575. The molecule has 1 aromatic rings. The van der Waals surface area contributed by atoms with Gasteiger partial charge in [0.1, 0.15) is 0 Å². The highest BCUT2D eigenvalue weighted by atomic mass is 35.5. The van der Waals surface area contributed by atoms with Crippen LogP contribution in [0.25, 0.3) is 0 Å². The van der Waals surface area contributed by atoms with Crippen molar-refractivity contribution in [1.29, 1.82) is 0 Å². The molecule has 0 aliphatic heterocycles. The second kappa shape index (κ2) is 2.66. The zero-order valence-corrected chi connectivity index (χ0v) is 6.67. The van der Waals surface area contributed by atoms with Crippen LogP contribution in [0, 0.1) is 0 Å². The third-order valence-corrected chi connectivity index (χ3v) is 1.73. The second-order valence-corrected chi connectivity index (χ2v) is 3.08. The Labute approximate surface area is 69.8 Å². The minimum Gasteiger partial charge on any atom is -0.351 e. The summed E-state index contributed by atoms with van der Waals surface area (Å²) in [5.41, 5.74) is 0. The minimum atomic E-state index is 0.575. The Bertz CT molecular complexity index is 242. The van der Waals surface area contributed by atoms with Crippen molar-refractivity contribution in [3.63, 3.8) is 0 Å². The number of nitrogens with zero attached hydrogens (tertiary/aromatic N) is 2. The first-order valence-corrected chi connectivity index (χ1v) is 3.96. The van der Waals surface area contributed by atoms with Gasteiger partial charge in [-0.15, -0.1) is 0 Å². The molecule has 0 bridgehead atoms. The molecule has 1 fully saturated rings. The van der Waals surface area contributed by atoms with Gasteiger partial charge in [-0.05, 0) is 12.8 Å². The highest BCUT2D eigenvalue weighted by molar-refractivity contribution is 6.30. The van der Waals surface area contributed by atoms with Gasteiger partial charge in [-0.3, -0.25) is 0 Å². The highest BCUT2D eigenvalue weighted by Crippen LogP contribution is 2.22. The number of halogens is 1. The van der Waals surface area contributed by atoms with Crippen molar-refractivity contribution in [3.8, 4) is 0 Å². The van der Waals surface area contributed by atoms with Crippen LogP contribution in [0.4, 0.5) is 5.95 Å². The molecule has 3 nitrogen and oxygen atoms in total. The van der Waals surface area contributed by atoms with E-state index in [1.54, 1.807) is 12.4 Å². The normalized spacial score (nSPS) is 16.5. The molecule has 0 saturated heterocycles. The van der Waals surface area contributed by atoms with E-state index in [0.717, 1.165) is 0 Å². The van der Waals surface area contributed by atoms with Gasteiger partial charge in [0.05, 0.1) is 17.4 Å². The van der Waals surface area contributed by atoms with Gasteiger partial charge in [-0.1, -0.05) is 11.6 Å². The molecule has 0 atom stereocenters. The number of aromatic nitrogens is 2. The number of hydrogen-bond donors (Lipinski definition) is 1. The third kappa shape index (κ3) is 1.80. The topological polar surface area (TPSA) is 37.8 Å². The van der Waals surface area contributed by atoms with Gasteiger partial charge in [0.2, 0.25) is 5.95 Å². The maximum atomic E-state index is 5.61. The summed E-state index contributed by atoms with van der Waals surface area (Å²) in [6, 6.07) is 0.594. The molecule has 0 unspecified atom stereocenters. The van der Waals surface area contributed by atoms with Gasteiger partial charge in [-0.25, -0.2) is 9.97 Å². The lowest BCUT2D eigenvalue weighted by Gasteiger charge is -1.99. The van der Waals surface area contributed by atoms with Crippen LogP contribution >= 0.6 is 11.6 Å². The van der Waals surface area contributed by atoms with E-state index in [9.17, 15) is 0 Å². The Morgan fingerprint density at radius 1 is 1.36 bits per heavy atom. The number of rotatable bonds is 2. The van der Waals surface area contributed by atoms with Crippen molar-refractivity contribution >= 4 is 17.5 Å². The largest absolute Gasteiger partial charge is 0.351 e. The summed E-state index contributed by atoms with van der Waals surface area (Å²) >= 11 is 5.61. The number of hydrogen-bond acceptors (Lipinski definition) is 3. The molecule has 1 heterocycles. The van der Waals surface area contributed by atoms with Gasteiger partial charge in [-0.2, -0.15) is 0 Å². The molecule has 2 rings (SSSR count). The average molecular weight is 170 g/mol. The molecule has 11 heavy (non-hydrogen) atoms. The van der Waals surface area contributed by atoms with Crippen molar-refractivity contribution in [2.24, 2.45) is 0 Å². The summed E-state index contributed by atoms with van der Waals surface area (Å²) in [7, 11) is 0. The van der Waals surface area contributed by atoms with Crippen LogP contribution in [0.15, 0.2) is 12.4 Å².